The number of anilines is 1. The molecule has 2 N–H and O–H groups in total. The predicted octanol–water partition coefficient (Wildman–Crippen LogP) is 4.13. The van der Waals surface area contributed by atoms with Gasteiger partial charge in [0, 0.05) is 5.69 Å². The lowest BCUT2D eigenvalue weighted by molar-refractivity contribution is 0.543. The Morgan fingerprint density at radius 1 is 1.35 bits per heavy atom. The van der Waals surface area contributed by atoms with Crippen molar-refractivity contribution in [3.05, 3.63) is 35.2 Å². The van der Waals surface area contributed by atoms with Crippen LogP contribution in [0.5, 0.6) is 0 Å². The summed E-state index contributed by atoms with van der Waals surface area (Å²) in [6.07, 6.45) is 7.27. The maximum atomic E-state index is 6.34. The molecule has 3 heteroatoms. The first-order valence-electron chi connectivity index (χ1n) is 7.58. The molecule has 0 aliphatic heterocycles. The molecule has 20 heavy (non-hydrogen) atoms. The van der Waals surface area contributed by atoms with Crippen LogP contribution in [-0.2, 0) is 0 Å². The van der Waals surface area contributed by atoms with E-state index in [0.29, 0.717) is 5.92 Å². The topological polar surface area (TPSA) is 43.3 Å². The summed E-state index contributed by atoms with van der Waals surface area (Å²) in [5, 5.41) is 4.78. The second-order valence-corrected chi connectivity index (χ2v) is 5.90. The first kappa shape index (κ1) is 13.2. The number of pyridine rings is 1. The predicted molar refractivity (Wildman–Crippen MR) is 84.7 cm³/mol. The number of nitrogens with zero attached hydrogens (tertiary/aromatic N) is 2. The van der Waals surface area contributed by atoms with Crippen LogP contribution in [0.2, 0.25) is 0 Å². The lowest BCUT2D eigenvalue weighted by atomic mass is 9.79. The van der Waals surface area contributed by atoms with E-state index in [4.69, 9.17) is 10.8 Å². The smallest absolute Gasteiger partial charge is 0.112 e. The van der Waals surface area contributed by atoms with Crippen LogP contribution in [0.4, 0.5) is 5.69 Å². The fourth-order valence-corrected chi connectivity index (χ4v) is 2.98. The molecule has 3 rings (SSSR count). The highest BCUT2D eigenvalue weighted by Gasteiger charge is 2.27. The van der Waals surface area contributed by atoms with Crippen molar-refractivity contribution in [1.82, 2.24) is 9.61 Å². The van der Waals surface area contributed by atoms with E-state index >= 15 is 0 Å². The number of nitrogens with two attached hydrogens (primary N) is 1. The van der Waals surface area contributed by atoms with Crippen LogP contribution in [0.1, 0.15) is 49.6 Å². The molecular weight excluding hydrogens is 246 g/mol. The summed E-state index contributed by atoms with van der Waals surface area (Å²) in [4.78, 5) is 0. The Balaban J connectivity index is 2.01. The SMILES string of the molecule is CCCCC1CC=C1c1nn2c(C)c(C)ccc2c1N. The normalized spacial score (nSPS) is 18.1. The van der Waals surface area contributed by atoms with Gasteiger partial charge in [-0.3, -0.25) is 0 Å². The molecule has 2 aromatic heterocycles. The van der Waals surface area contributed by atoms with Crippen LogP contribution in [0.3, 0.4) is 0 Å². The van der Waals surface area contributed by atoms with E-state index in [2.05, 4.69) is 39.0 Å². The Labute approximate surface area is 120 Å². The monoisotopic (exact) mass is 269 g/mol. The minimum Gasteiger partial charge on any atom is -0.395 e. The number of fused-ring (bicyclic) bond motifs is 1. The average molecular weight is 269 g/mol. The fraction of sp³-hybridized carbons (Fsp3) is 0.471. The van der Waals surface area contributed by atoms with Crippen molar-refractivity contribution < 1.29 is 0 Å². The van der Waals surface area contributed by atoms with Gasteiger partial charge in [0.25, 0.3) is 0 Å². The van der Waals surface area contributed by atoms with Gasteiger partial charge in [0.15, 0.2) is 0 Å². The van der Waals surface area contributed by atoms with Crippen molar-refractivity contribution in [2.75, 3.05) is 5.73 Å². The summed E-state index contributed by atoms with van der Waals surface area (Å²) in [6.45, 7) is 6.45. The maximum absolute atomic E-state index is 6.34. The molecule has 2 aromatic rings. The Morgan fingerprint density at radius 2 is 2.15 bits per heavy atom. The number of unbranched alkanes of at least 4 members (excludes halogenated alkanes) is 1. The van der Waals surface area contributed by atoms with Crippen molar-refractivity contribution in [2.24, 2.45) is 5.92 Å². The maximum Gasteiger partial charge on any atom is 0.112 e. The zero-order valence-electron chi connectivity index (χ0n) is 12.6. The van der Waals surface area contributed by atoms with Gasteiger partial charge in [0.2, 0.25) is 0 Å². The number of rotatable bonds is 4. The summed E-state index contributed by atoms with van der Waals surface area (Å²) in [6, 6.07) is 4.20. The van der Waals surface area contributed by atoms with Crippen LogP contribution in [0.15, 0.2) is 18.2 Å². The second-order valence-electron chi connectivity index (χ2n) is 5.90. The van der Waals surface area contributed by atoms with E-state index in [1.54, 1.807) is 0 Å². The molecule has 0 amide bonds. The van der Waals surface area contributed by atoms with Gasteiger partial charge in [-0.05, 0) is 49.8 Å². The van der Waals surface area contributed by atoms with Gasteiger partial charge in [0.1, 0.15) is 5.69 Å². The van der Waals surface area contributed by atoms with Gasteiger partial charge in [-0.25, -0.2) is 4.52 Å². The van der Waals surface area contributed by atoms with Crippen LogP contribution >= 0.6 is 0 Å². The van der Waals surface area contributed by atoms with E-state index < -0.39 is 0 Å². The summed E-state index contributed by atoms with van der Waals surface area (Å²) in [5.74, 6) is 0.656. The fourth-order valence-electron chi connectivity index (χ4n) is 2.98. The summed E-state index contributed by atoms with van der Waals surface area (Å²) < 4.78 is 2.00. The molecule has 106 valence electrons. The third-order valence-electron chi connectivity index (χ3n) is 4.58. The van der Waals surface area contributed by atoms with Gasteiger partial charge in [0.05, 0.1) is 11.2 Å². The van der Waals surface area contributed by atoms with Crippen molar-refractivity contribution >= 4 is 16.8 Å². The highest BCUT2D eigenvalue weighted by atomic mass is 15.2. The third kappa shape index (κ3) is 1.92. The van der Waals surface area contributed by atoms with Gasteiger partial charge in [-0.2, -0.15) is 5.10 Å². The average Bonchev–Trinajstić information content (AvgIpc) is 2.72. The first-order chi connectivity index (χ1) is 9.63. The van der Waals surface area contributed by atoms with Crippen LogP contribution in [0.25, 0.3) is 11.1 Å². The molecule has 2 heterocycles. The Bertz CT molecular complexity index is 679. The second kappa shape index (κ2) is 4.97. The van der Waals surface area contributed by atoms with Crippen LogP contribution in [-0.4, -0.2) is 9.61 Å². The van der Waals surface area contributed by atoms with Gasteiger partial charge in [-0.15, -0.1) is 0 Å². The Morgan fingerprint density at radius 3 is 2.80 bits per heavy atom. The number of allylic oxidation sites excluding steroid dienone is 2. The third-order valence-corrected chi connectivity index (χ3v) is 4.58. The van der Waals surface area contributed by atoms with Gasteiger partial charge in [-0.1, -0.05) is 31.9 Å². The number of aromatic nitrogens is 2. The molecule has 0 saturated heterocycles. The highest BCUT2D eigenvalue weighted by Crippen LogP contribution is 2.41. The number of hydrogen-bond acceptors (Lipinski definition) is 2. The van der Waals surface area contributed by atoms with E-state index in [-0.39, 0.29) is 0 Å². The molecule has 0 bridgehead atoms. The number of nitrogen functional groups attached to an aromatic ring is 1. The summed E-state index contributed by atoms with van der Waals surface area (Å²) in [5.41, 5.74) is 13.0. The Hall–Kier alpha value is -1.77. The standard InChI is InChI=1S/C17H23N3/c1-4-5-6-13-8-9-14(13)17-16(18)15-10-7-11(2)12(3)20(15)19-17/h7,9-10,13H,4-6,8,18H2,1-3H3. The van der Waals surface area contributed by atoms with Crippen LogP contribution < -0.4 is 5.73 Å². The van der Waals surface area contributed by atoms with Crippen molar-refractivity contribution in [2.45, 2.75) is 46.5 Å². The molecule has 1 aliphatic carbocycles. The zero-order chi connectivity index (χ0) is 14.3. The molecule has 0 spiro atoms. The minimum absolute atomic E-state index is 0.656. The molecule has 1 aliphatic rings. The molecule has 1 unspecified atom stereocenters. The zero-order valence-corrected chi connectivity index (χ0v) is 12.6. The van der Waals surface area contributed by atoms with E-state index in [9.17, 15) is 0 Å². The quantitative estimate of drug-likeness (QED) is 0.907. The number of hydrogen-bond donors (Lipinski definition) is 1. The van der Waals surface area contributed by atoms with Gasteiger partial charge < -0.3 is 5.73 Å². The van der Waals surface area contributed by atoms with Gasteiger partial charge >= 0.3 is 0 Å². The van der Waals surface area contributed by atoms with Crippen molar-refractivity contribution in [3.63, 3.8) is 0 Å². The molecule has 0 fully saturated rings. The van der Waals surface area contributed by atoms with E-state index in [1.165, 1.54) is 42.5 Å². The van der Waals surface area contributed by atoms with E-state index in [0.717, 1.165) is 16.9 Å². The summed E-state index contributed by atoms with van der Waals surface area (Å²) >= 11 is 0. The molecular formula is C17H23N3. The largest absolute Gasteiger partial charge is 0.395 e. The summed E-state index contributed by atoms with van der Waals surface area (Å²) in [7, 11) is 0. The Kier molecular flexibility index (Phi) is 3.28. The first-order valence-corrected chi connectivity index (χ1v) is 7.58. The lowest BCUT2D eigenvalue weighted by Gasteiger charge is -2.26. The molecule has 1 atom stereocenters. The van der Waals surface area contributed by atoms with Crippen LogP contribution in [0, 0.1) is 19.8 Å². The molecule has 0 radical (unpaired) electrons. The van der Waals surface area contributed by atoms with E-state index in [1.807, 2.05) is 4.52 Å². The molecule has 3 nitrogen and oxygen atoms in total. The number of aryl methyl sites for hydroxylation is 2. The van der Waals surface area contributed by atoms with Crippen molar-refractivity contribution in [3.8, 4) is 0 Å². The van der Waals surface area contributed by atoms with Crippen molar-refractivity contribution in [1.29, 1.82) is 0 Å². The highest BCUT2D eigenvalue weighted by molar-refractivity contribution is 5.86. The molecule has 0 saturated carbocycles. The minimum atomic E-state index is 0.656. The molecule has 0 aromatic carbocycles. The lowest BCUT2D eigenvalue weighted by Crippen LogP contribution is -2.13.